The molecule has 2 bridgehead atoms. The fraction of sp³-hybridized carbons (Fsp3) is 0.550. The van der Waals surface area contributed by atoms with Crippen LogP contribution in [0.1, 0.15) is 11.3 Å². The number of morpholine rings is 1. The number of nitrogens with zero attached hydrogens (tertiary/aromatic N) is 4. The highest BCUT2D eigenvalue weighted by molar-refractivity contribution is 5.85. The van der Waals surface area contributed by atoms with Crippen LogP contribution in [0.4, 0.5) is 5.82 Å². The lowest BCUT2D eigenvalue weighted by Crippen LogP contribution is -2.52. The number of hydrogen-bond acceptors (Lipinski definition) is 8. The molecule has 3 aliphatic heterocycles. The van der Waals surface area contributed by atoms with Crippen molar-refractivity contribution in [2.24, 2.45) is 11.8 Å². The van der Waals surface area contributed by atoms with Gasteiger partial charge < -0.3 is 24.8 Å². The van der Waals surface area contributed by atoms with E-state index in [0.29, 0.717) is 11.6 Å². The summed E-state index contributed by atoms with van der Waals surface area (Å²) in [6.07, 6.45) is 3.39. The first-order valence-electron chi connectivity index (χ1n) is 9.77. The molecule has 0 aromatic carbocycles. The lowest BCUT2D eigenvalue weighted by Gasteiger charge is -2.34. The monoisotopic (exact) mass is 455 g/mol. The van der Waals surface area contributed by atoms with Crippen molar-refractivity contribution in [2.75, 3.05) is 37.7 Å². The van der Waals surface area contributed by atoms with Crippen molar-refractivity contribution in [2.45, 2.75) is 25.6 Å². The Morgan fingerprint density at radius 2 is 2.13 bits per heavy atom. The molecule has 164 valence electrons. The molecule has 30 heavy (non-hydrogen) atoms. The van der Waals surface area contributed by atoms with E-state index in [9.17, 15) is 5.11 Å². The van der Waals surface area contributed by atoms with Crippen LogP contribution in [0.15, 0.2) is 24.7 Å². The predicted molar refractivity (Wildman–Crippen MR) is 117 cm³/mol. The van der Waals surface area contributed by atoms with Gasteiger partial charge in [-0.3, -0.25) is 4.98 Å². The number of halogens is 2. The number of aromatic nitrogens is 3. The van der Waals surface area contributed by atoms with Crippen LogP contribution in [0.5, 0.6) is 11.6 Å². The molecule has 4 atom stereocenters. The molecular weight excluding hydrogens is 429 g/mol. The Morgan fingerprint density at radius 1 is 1.30 bits per heavy atom. The van der Waals surface area contributed by atoms with Crippen molar-refractivity contribution in [3.63, 3.8) is 0 Å². The van der Waals surface area contributed by atoms with Crippen molar-refractivity contribution < 1.29 is 14.6 Å². The van der Waals surface area contributed by atoms with E-state index in [2.05, 4.69) is 25.2 Å². The van der Waals surface area contributed by atoms with Gasteiger partial charge in [0.2, 0.25) is 5.88 Å². The number of hydrogen-bond donors (Lipinski definition) is 2. The molecule has 8 nitrogen and oxygen atoms in total. The fourth-order valence-corrected chi connectivity index (χ4v) is 4.99. The van der Waals surface area contributed by atoms with Crippen LogP contribution in [0, 0.1) is 25.7 Å². The van der Waals surface area contributed by atoms with Gasteiger partial charge in [-0.05, 0) is 26.0 Å². The van der Waals surface area contributed by atoms with Gasteiger partial charge in [-0.25, -0.2) is 9.97 Å². The summed E-state index contributed by atoms with van der Waals surface area (Å²) in [5.74, 6) is 2.54. The number of rotatable bonds is 4. The highest BCUT2D eigenvalue weighted by atomic mass is 35.5. The van der Waals surface area contributed by atoms with E-state index in [0.717, 1.165) is 43.3 Å². The maximum Gasteiger partial charge on any atom is 0.227 e. The maximum atomic E-state index is 9.92. The number of aliphatic hydroxyl groups is 1. The normalized spacial score (nSPS) is 29.0. The summed E-state index contributed by atoms with van der Waals surface area (Å²) < 4.78 is 12.4. The molecule has 2 aromatic rings. The summed E-state index contributed by atoms with van der Waals surface area (Å²) >= 11 is 0. The Bertz CT molecular complexity index is 904. The standard InChI is InChI=1S/C20H25N5O3.2ClH/c1-12-18(23-11-24-19(12)27-16-4-3-5-22-13(16)2)25-7-15-14(8-26)17-6-21-9-20(15,10-25)28-17;;/h3-5,11,14-15,17,21,26H,6-10H2,1-2H3;2*1H/t14-,15+,17+,20+;;/m0../s1. The van der Waals surface area contributed by atoms with E-state index in [4.69, 9.17) is 9.47 Å². The van der Waals surface area contributed by atoms with Crippen LogP contribution < -0.4 is 15.0 Å². The molecule has 5 heterocycles. The highest BCUT2D eigenvalue weighted by Gasteiger charge is 2.61. The second-order valence-electron chi connectivity index (χ2n) is 8.00. The van der Waals surface area contributed by atoms with E-state index in [1.807, 2.05) is 26.0 Å². The van der Waals surface area contributed by atoms with Crippen molar-refractivity contribution in [3.05, 3.63) is 35.9 Å². The minimum Gasteiger partial charge on any atom is -0.437 e. The van der Waals surface area contributed by atoms with Gasteiger partial charge in [0.05, 0.1) is 23.9 Å². The van der Waals surface area contributed by atoms with Crippen molar-refractivity contribution >= 4 is 30.6 Å². The van der Waals surface area contributed by atoms with E-state index < -0.39 is 0 Å². The largest absolute Gasteiger partial charge is 0.437 e. The van der Waals surface area contributed by atoms with E-state index >= 15 is 0 Å². The van der Waals surface area contributed by atoms with Crippen LogP contribution in [-0.4, -0.2) is 64.5 Å². The zero-order valence-corrected chi connectivity index (χ0v) is 18.6. The smallest absolute Gasteiger partial charge is 0.227 e. The van der Waals surface area contributed by atoms with Crippen molar-refractivity contribution in [3.8, 4) is 11.6 Å². The first-order valence-corrected chi connectivity index (χ1v) is 9.77. The third-order valence-electron chi connectivity index (χ3n) is 6.39. The fourth-order valence-electron chi connectivity index (χ4n) is 4.99. The molecule has 0 unspecified atom stereocenters. The lowest BCUT2D eigenvalue weighted by atomic mass is 9.83. The van der Waals surface area contributed by atoms with Gasteiger partial charge >= 0.3 is 0 Å². The molecule has 3 aliphatic rings. The second-order valence-corrected chi connectivity index (χ2v) is 8.00. The Kier molecular flexibility index (Phi) is 6.74. The number of pyridine rings is 1. The molecular formula is C20H27Cl2N5O3. The molecule has 1 spiro atoms. The average Bonchev–Trinajstić information content (AvgIpc) is 3.13. The van der Waals surface area contributed by atoms with Gasteiger partial charge in [-0.1, -0.05) is 0 Å². The molecule has 0 aliphatic carbocycles. The summed E-state index contributed by atoms with van der Waals surface area (Å²) in [7, 11) is 0. The lowest BCUT2D eigenvalue weighted by molar-refractivity contribution is -0.0654. The summed E-state index contributed by atoms with van der Waals surface area (Å²) in [5.41, 5.74) is 1.45. The van der Waals surface area contributed by atoms with Gasteiger partial charge in [-0.15, -0.1) is 24.8 Å². The molecule has 0 saturated carbocycles. The van der Waals surface area contributed by atoms with Gasteiger partial charge in [0, 0.05) is 44.3 Å². The minimum atomic E-state index is -0.255. The maximum absolute atomic E-state index is 9.92. The number of aryl methyl sites for hydroxylation is 1. The molecule has 10 heteroatoms. The van der Waals surface area contributed by atoms with Crippen LogP contribution in [-0.2, 0) is 4.74 Å². The Balaban J connectivity index is 0.00000128. The number of fused-ring (bicyclic) bond motifs is 1. The second kappa shape index (κ2) is 8.80. The molecule has 5 rings (SSSR count). The average molecular weight is 456 g/mol. The topological polar surface area (TPSA) is 92.6 Å². The van der Waals surface area contributed by atoms with Gasteiger partial charge in [0.15, 0.2) is 5.75 Å². The molecule has 2 aromatic heterocycles. The van der Waals surface area contributed by atoms with Crippen molar-refractivity contribution in [1.82, 2.24) is 20.3 Å². The first kappa shape index (κ1) is 23.0. The van der Waals surface area contributed by atoms with Gasteiger partial charge in [0.1, 0.15) is 17.7 Å². The summed E-state index contributed by atoms with van der Waals surface area (Å²) in [4.78, 5) is 15.4. The quantitative estimate of drug-likeness (QED) is 0.721. The third-order valence-corrected chi connectivity index (χ3v) is 6.39. The first-order chi connectivity index (χ1) is 13.6. The van der Waals surface area contributed by atoms with Crippen LogP contribution in [0.3, 0.4) is 0 Å². The molecule has 0 radical (unpaired) electrons. The number of anilines is 1. The van der Waals surface area contributed by atoms with Gasteiger partial charge in [0.25, 0.3) is 0 Å². The third kappa shape index (κ3) is 3.61. The Labute approximate surface area is 188 Å². The summed E-state index contributed by atoms with van der Waals surface area (Å²) in [6.45, 7) is 7.24. The summed E-state index contributed by atoms with van der Waals surface area (Å²) in [6, 6.07) is 3.73. The molecule has 3 fully saturated rings. The number of nitrogens with one attached hydrogen (secondary N) is 1. The SMILES string of the molecule is Cc1ncccc1Oc1ncnc(N2C[C@@H]3[C@H](CO)[C@H]4CNC[C@]3(C2)O4)c1C.Cl.Cl. The minimum absolute atomic E-state index is 0. The Morgan fingerprint density at radius 3 is 2.90 bits per heavy atom. The predicted octanol–water partition coefficient (Wildman–Crippen LogP) is 1.91. The molecule has 2 N–H and O–H groups in total. The zero-order valence-electron chi connectivity index (χ0n) is 16.9. The molecule has 3 saturated heterocycles. The van der Waals surface area contributed by atoms with Crippen molar-refractivity contribution in [1.29, 1.82) is 0 Å². The van der Waals surface area contributed by atoms with Crippen LogP contribution in [0.2, 0.25) is 0 Å². The van der Waals surface area contributed by atoms with Gasteiger partial charge in [-0.2, -0.15) is 0 Å². The van der Waals surface area contributed by atoms with Crippen LogP contribution in [0.25, 0.3) is 0 Å². The van der Waals surface area contributed by atoms with E-state index in [1.165, 1.54) is 0 Å². The molecule has 0 amide bonds. The summed E-state index contributed by atoms with van der Waals surface area (Å²) in [5, 5.41) is 13.4. The number of ether oxygens (including phenoxy) is 2. The van der Waals surface area contributed by atoms with Crippen LogP contribution >= 0.6 is 24.8 Å². The zero-order chi connectivity index (χ0) is 19.3. The Hall–Kier alpha value is -1.71. The van der Waals surface area contributed by atoms with E-state index in [1.54, 1.807) is 12.5 Å². The van der Waals surface area contributed by atoms with E-state index in [-0.39, 0.29) is 55.0 Å². The number of aliphatic hydroxyl groups excluding tert-OH is 1. The highest BCUT2D eigenvalue weighted by Crippen LogP contribution is 2.48.